The molecule has 0 bridgehead atoms. The molecule has 3 rings (SSSR count). The number of aliphatic carboxylic acids is 2. The highest BCUT2D eigenvalue weighted by molar-refractivity contribution is 6.05. The molecule has 0 unspecified atom stereocenters. The van der Waals surface area contributed by atoms with Crippen molar-refractivity contribution in [3.8, 4) is 0 Å². The van der Waals surface area contributed by atoms with Gasteiger partial charge in [0.1, 0.15) is 0 Å². The molecule has 4 N–H and O–H groups in total. The summed E-state index contributed by atoms with van der Waals surface area (Å²) >= 11 is 0. The summed E-state index contributed by atoms with van der Waals surface area (Å²) in [5.74, 6) is -2.51. The van der Waals surface area contributed by atoms with Crippen molar-refractivity contribution in [2.45, 2.75) is 19.5 Å². The van der Waals surface area contributed by atoms with E-state index in [1.807, 2.05) is 19.3 Å². The van der Waals surface area contributed by atoms with E-state index in [9.17, 15) is 9.59 Å². The fraction of sp³-hybridized carbons (Fsp3) is 0.167. The second kappa shape index (κ2) is 8.07. The van der Waals surface area contributed by atoms with Gasteiger partial charge in [-0.1, -0.05) is 12.1 Å². The quantitative estimate of drug-likeness (QED) is 0.626. The summed E-state index contributed by atoms with van der Waals surface area (Å²) in [5, 5.41) is 19.3. The summed E-state index contributed by atoms with van der Waals surface area (Å²) < 4.78 is 2.22. The van der Waals surface area contributed by atoms with Gasteiger partial charge in [0, 0.05) is 59.5 Å². The molecule has 1 atom stereocenters. The number of aromatic nitrogens is 2. The fourth-order valence-corrected chi connectivity index (χ4v) is 2.47. The Kier molecular flexibility index (Phi) is 5.86. The molecule has 0 aliphatic heterocycles. The van der Waals surface area contributed by atoms with Crippen LogP contribution >= 0.6 is 0 Å². The van der Waals surface area contributed by atoms with E-state index >= 15 is 0 Å². The van der Waals surface area contributed by atoms with Gasteiger partial charge in [-0.15, -0.1) is 0 Å². The number of pyridine rings is 1. The Bertz CT molecular complexity index is 912. The summed E-state index contributed by atoms with van der Waals surface area (Å²) in [6.07, 6.45) is 6.96. The number of hydrogen-bond donors (Lipinski definition) is 3. The van der Waals surface area contributed by atoms with E-state index in [0.717, 1.165) is 6.54 Å². The predicted molar refractivity (Wildman–Crippen MR) is 95.3 cm³/mol. The predicted octanol–water partition coefficient (Wildman–Crippen LogP) is 2.25. The molecule has 2 heterocycles. The van der Waals surface area contributed by atoms with E-state index in [4.69, 9.17) is 15.9 Å². The number of nitrogens with zero attached hydrogens (tertiary/aromatic N) is 2. The third-order valence-corrected chi connectivity index (χ3v) is 3.40. The van der Waals surface area contributed by atoms with Crippen LogP contribution < -0.4 is 5.73 Å². The van der Waals surface area contributed by atoms with Gasteiger partial charge in [-0.3, -0.25) is 4.98 Å². The van der Waals surface area contributed by atoms with Crippen molar-refractivity contribution >= 4 is 33.6 Å². The number of hydrogen-bond acceptors (Lipinski definition) is 4. The largest absolute Gasteiger partial charge is 0.478 e. The number of carboxylic acids is 2. The van der Waals surface area contributed by atoms with Crippen molar-refractivity contribution < 1.29 is 19.8 Å². The molecular weight excluding hydrogens is 322 g/mol. The third-order valence-electron chi connectivity index (χ3n) is 3.40. The maximum absolute atomic E-state index is 9.55. The number of carbonyl (C=O) groups is 2. The molecule has 0 aliphatic rings. The third kappa shape index (κ3) is 4.89. The normalized spacial score (nSPS) is 12.1. The molecule has 3 aromatic rings. The number of rotatable bonds is 4. The average Bonchev–Trinajstić information content (AvgIpc) is 2.96. The highest BCUT2D eigenvalue weighted by atomic mass is 16.4. The molecule has 0 spiro atoms. The van der Waals surface area contributed by atoms with Crippen LogP contribution in [-0.4, -0.2) is 37.7 Å². The minimum atomic E-state index is -1.26. The van der Waals surface area contributed by atoms with Crippen molar-refractivity contribution in [1.29, 1.82) is 0 Å². The van der Waals surface area contributed by atoms with Gasteiger partial charge in [0.15, 0.2) is 0 Å². The molecule has 0 radical (unpaired) electrons. The van der Waals surface area contributed by atoms with Gasteiger partial charge in [-0.25, -0.2) is 9.59 Å². The second-order valence-electron chi connectivity index (χ2n) is 5.56. The van der Waals surface area contributed by atoms with E-state index < -0.39 is 11.9 Å². The average molecular weight is 341 g/mol. The number of fused-ring (bicyclic) bond motifs is 3. The number of benzene rings is 1. The van der Waals surface area contributed by atoms with Crippen LogP contribution in [0.3, 0.4) is 0 Å². The SMILES string of the molecule is C[C@H](N)Cn1ccc2ccc3cnccc3c21.O=C(O)/C=C/C(=O)O. The first-order chi connectivity index (χ1) is 11.9. The molecule has 2 aromatic heterocycles. The lowest BCUT2D eigenvalue weighted by molar-refractivity contribution is -0.134. The molecule has 0 aliphatic carbocycles. The summed E-state index contributed by atoms with van der Waals surface area (Å²) in [5.41, 5.74) is 7.14. The van der Waals surface area contributed by atoms with Crippen LogP contribution in [0.1, 0.15) is 6.92 Å². The second-order valence-corrected chi connectivity index (χ2v) is 5.56. The Morgan fingerprint density at radius 3 is 2.40 bits per heavy atom. The van der Waals surface area contributed by atoms with Crippen molar-refractivity contribution in [3.63, 3.8) is 0 Å². The molecule has 0 amide bonds. The fourth-order valence-electron chi connectivity index (χ4n) is 2.47. The summed E-state index contributed by atoms with van der Waals surface area (Å²) in [7, 11) is 0. The van der Waals surface area contributed by atoms with Gasteiger partial charge in [-0.2, -0.15) is 0 Å². The van der Waals surface area contributed by atoms with Crippen molar-refractivity contribution in [2.75, 3.05) is 0 Å². The molecule has 0 fully saturated rings. The lowest BCUT2D eigenvalue weighted by Gasteiger charge is -2.10. The number of carboxylic acid groups (broad SMARTS) is 2. The van der Waals surface area contributed by atoms with Crippen LogP contribution in [0.5, 0.6) is 0 Å². The van der Waals surface area contributed by atoms with Crippen molar-refractivity contribution in [1.82, 2.24) is 9.55 Å². The summed E-state index contributed by atoms with van der Waals surface area (Å²) in [6.45, 7) is 2.86. The maximum atomic E-state index is 9.55. The first-order valence-electron chi connectivity index (χ1n) is 7.59. The van der Waals surface area contributed by atoms with Gasteiger partial charge in [-0.05, 0) is 19.1 Å². The zero-order valence-electron chi connectivity index (χ0n) is 13.7. The molecular formula is C18H19N3O4. The van der Waals surface area contributed by atoms with E-state index in [1.165, 1.54) is 21.7 Å². The molecule has 130 valence electrons. The van der Waals surface area contributed by atoms with Gasteiger partial charge in [0.2, 0.25) is 0 Å². The highest BCUT2D eigenvalue weighted by Gasteiger charge is 2.06. The lowest BCUT2D eigenvalue weighted by atomic mass is 10.1. The molecule has 7 heteroatoms. The Hall–Kier alpha value is -3.19. The Morgan fingerprint density at radius 2 is 1.80 bits per heavy atom. The Balaban J connectivity index is 0.000000242. The van der Waals surface area contributed by atoms with E-state index in [0.29, 0.717) is 12.2 Å². The minimum Gasteiger partial charge on any atom is -0.478 e. The van der Waals surface area contributed by atoms with Crippen molar-refractivity contribution in [2.24, 2.45) is 5.73 Å². The standard InChI is InChI=1S/C14H15N3.C4H4O4/c1-10(15)9-17-7-5-11-2-3-12-8-16-6-4-13(12)14(11)17;5-3(6)1-2-4(7)8/h2-8,10H,9,15H2,1H3;1-2H,(H,5,6)(H,7,8)/b;2-1+/t10-;/m0./s1. The Labute approximate surface area is 144 Å². The zero-order valence-corrected chi connectivity index (χ0v) is 13.7. The highest BCUT2D eigenvalue weighted by Crippen LogP contribution is 2.25. The summed E-state index contributed by atoms with van der Waals surface area (Å²) in [4.78, 5) is 23.3. The lowest BCUT2D eigenvalue weighted by Crippen LogP contribution is -2.21. The van der Waals surface area contributed by atoms with E-state index in [1.54, 1.807) is 0 Å². The zero-order chi connectivity index (χ0) is 18.4. The van der Waals surface area contributed by atoms with Gasteiger partial charge in [0.25, 0.3) is 0 Å². The number of nitrogens with two attached hydrogens (primary N) is 1. The smallest absolute Gasteiger partial charge is 0.328 e. The van der Waals surface area contributed by atoms with Gasteiger partial charge >= 0.3 is 11.9 Å². The van der Waals surface area contributed by atoms with Gasteiger partial charge in [0.05, 0.1) is 5.52 Å². The maximum Gasteiger partial charge on any atom is 0.328 e. The van der Waals surface area contributed by atoms with Crippen LogP contribution in [0.4, 0.5) is 0 Å². The topological polar surface area (TPSA) is 118 Å². The monoisotopic (exact) mass is 341 g/mol. The van der Waals surface area contributed by atoms with Crippen molar-refractivity contribution in [3.05, 3.63) is 55.0 Å². The minimum absolute atomic E-state index is 0.155. The van der Waals surface area contributed by atoms with Crippen LogP contribution in [0.15, 0.2) is 55.0 Å². The van der Waals surface area contributed by atoms with Crippen LogP contribution in [0, 0.1) is 0 Å². The van der Waals surface area contributed by atoms with Crippen LogP contribution in [0.25, 0.3) is 21.7 Å². The summed E-state index contributed by atoms with van der Waals surface area (Å²) in [6, 6.07) is 8.60. The molecule has 25 heavy (non-hydrogen) atoms. The molecule has 0 saturated heterocycles. The van der Waals surface area contributed by atoms with E-state index in [2.05, 4.69) is 40.0 Å². The molecule has 7 nitrogen and oxygen atoms in total. The molecule has 1 aromatic carbocycles. The molecule has 0 saturated carbocycles. The van der Waals surface area contributed by atoms with Crippen LogP contribution in [-0.2, 0) is 16.1 Å². The van der Waals surface area contributed by atoms with Gasteiger partial charge < -0.3 is 20.5 Å². The van der Waals surface area contributed by atoms with Crippen LogP contribution in [0.2, 0.25) is 0 Å². The Morgan fingerprint density at radius 1 is 1.16 bits per heavy atom. The first-order valence-corrected chi connectivity index (χ1v) is 7.59. The first kappa shape index (κ1) is 18.2. The van der Waals surface area contributed by atoms with E-state index in [-0.39, 0.29) is 6.04 Å².